The normalized spacial score (nSPS) is 22.2. The summed E-state index contributed by atoms with van der Waals surface area (Å²) >= 11 is 0. The number of hydrogen-bond acceptors (Lipinski definition) is 2. The van der Waals surface area contributed by atoms with Crippen LogP contribution in [0.2, 0.25) is 0 Å². The van der Waals surface area contributed by atoms with Crippen molar-refractivity contribution in [2.45, 2.75) is 57.5 Å². The van der Waals surface area contributed by atoms with Crippen molar-refractivity contribution in [3.05, 3.63) is 35.9 Å². The third-order valence-electron chi connectivity index (χ3n) is 5.11. The fourth-order valence-electron chi connectivity index (χ4n) is 3.52. The maximum atomic E-state index is 12.8. The van der Waals surface area contributed by atoms with Crippen LogP contribution in [-0.4, -0.2) is 23.7 Å². The Labute approximate surface area is 127 Å². The topological polar surface area (TPSA) is 49.3 Å². The van der Waals surface area contributed by atoms with Gasteiger partial charge in [-0.05, 0) is 31.2 Å². The van der Waals surface area contributed by atoms with Crippen LogP contribution in [0.1, 0.15) is 51.5 Å². The second kappa shape index (κ2) is 7.08. The van der Waals surface area contributed by atoms with Crippen molar-refractivity contribution < 1.29 is 9.90 Å². The van der Waals surface area contributed by atoms with E-state index in [1.165, 1.54) is 0 Å². The molecule has 1 aliphatic rings. The predicted molar refractivity (Wildman–Crippen MR) is 85.1 cm³/mol. The Kier molecular flexibility index (Phi) is 5.40. The summed E-state index contributed by atoms with van der Waals surface area (Å²) in [6.07, 6.45) is 4.26. The molecule has 0 saturated heterocycles. The first-order valence-corrected chi connectivity index (χ1v) is 8.16. The highest BCUT2D eigenvalue weighted by Crippen LogP contribution is 2.32. The Hall–Kier alpha value is -1.35. The van der Waals surface area contributed by atoms with E-state index in [4.69, 9.17) is 0 Å². The van der Waals surface area contributed by atoms with Crippen molar-refractivity contribution in [3.8, 4) is 0 Å². The van der Waals surface area contributed by atoms with Gasteiger partial charge in [-0.1, -0.05) is 50.6 Å². The summed E-state index contributed by atoms with van der Waals surface area (Å²) in [6, 6.07) is 10.0. The largest absolute Gasteiger partial charge is 0.393 e. The summed E-state index contributed by atoms with van der Waals surface area (Å²) in [4.78, 5) is 12.8. The summed E-state index contributed by atoms with van der Waals surface area (Å²) in [6.45, 7) is 4.73. The highest BCUT2D eigenvalue weighted by Gasteiger charge is 2.37. The molecule has 1 aromatic carbocycles. The number of aliphatic hydroxyl groups is 1. The predicted octanol–water partition coefficient (Wildman–Crippen LogP) is 3.02. The summed E-state index contributed by atoms with van der Waals surface area (Å²) in [5.41, 5.74) is 0.629. The van der Waals surface area contributed by atoms with Gasteiger partial charge < -0.3 is 10.4 Å². The molecule has 116 valence electrons. The Morgan fingerprint density at radius 1 is 1.24 bits per heavy atom. The molecular weight excluding hydrogens is 262 g/mol. The van der Waals surface area contributed by atoms with Crippen molar-refractivity contribution >= 4 is 5.91 Å². The molecule has 2 atom stereocenters. The summed E-state index contributed by atoms with van der Waals surface area (Å²) in [5, 5.41) is 13.0. The first-order valence-electron chi connectivity index (χ1n) is 8.16. The van der Waals surface area contributed by atoms with E-state index < -0.39 is 5.41 Å². The molecule has 3 nitrogen and oxygen atoms in total. The van der Waals surface area contributed by atoms with Crippen LogP contribution in [0.3, 0.4) is 0 Å². The monoisotopic (exact) mass is 289 g/mol. The molecule has 0 spiro atoms. The number of aliphatic hydroxyl groups excluding tert-OH is 1. The number of amides is 1. The molecule has 0 bridgehead atoms. The molecule has 2 N–H and O–H groups in total. The molecule has 0 heterocycles. The maximum absolute atomic E-state index is 12.8. The molecule has 1 amide bonds. The van der Waals surface area contributed by atoms with Crippen molar-refractivity contribution in [1.29, 1.82) is 0 Å². The van der Waals surface area contributed by atoms with E-state index in [-0.39, 0.29) is 17.9 Å². The van der Waals surface area contributed by atoms with Gasteiger partial charge in [-0.2, -0.15) is 0 Å². The van der Waals surface area contributed by atoms with Crippen LogP contribution in [0.15, 0.2) is 30.3 Å². The molecule has 1 aliphatic carbocycles. The zero-order chi connectivity index (χ0) is 15.3. The Balaban J connectivity index is 2.09. The highest BCUT2D eigenvalue weighted by atomic mass is 16.3. The second-order valence-electron chi connectivity index (χ2n) is 6.12. The van der Waals surface area contributed by atoms with Gasteiger partial charge in [-0.15, -0.1) is 0 Å². The molecule has 21 heavy (non-hydrogen) atoms. The van der Waals surface area contributed by atoms with E-state index in [0.717, 1.165) is 37.7 Å². The average molecular weight is 289 g/mol. The van der Waals surface area contributed by atoms with Gasteiger partial charge in [-0.3, -0.25) is 4.79 Å². The van der Waals surface area contributed by atoms with Gasteiger partial charge in [0.25, 0.3) is 0 Å². The van der Waals surface area contributed by atoms with Crippen LogP contribution in [-0.2, 0) is 10.2 Å². The standard InChI is InChI=1S/C18H27NO2/c1-3-18(4-2,15-10-6-5-7-11-15)17(21)19-13-14-9-8-12-16(14)20/h5-7,10-11,14,16,20H,3-4,8-9,12-13H2,1-2H3,(H,19,21). The van der Waals surface area contributed by atoms with Gasteiger partial charge in [-0.25, -0.2) is 0 Å². The van der Waals surface area contributed by atoms with Crippen LogP contribution < -0.4 is 5.32 Å². The molecule has 1 fully saturated rings. The molecule has 0 radical (unpaired) electrons. The number of benzene rings is 1. The van der Waals surface area contributed by atoms with E-state index >= 15 is 0 Å². The average Bonchev–Trinajstić information content (AvgIpc) is 2.93. The lowest BCUT2D eigenvalue weighted by Gasteiger charge is -2.31. The van der Waals surface area contributed by atoms with Crippen LogP contribution in [0.5, 0.6) is 0 Å². The number of rotatable bonds is 6. The smallest absolute Gasteiger partial charge is 0.230 e. The van der Waals surface area contributed by atoms with E-state index in [1.54, 1.807) is 0 Å². The quantitative estimate of drug-likeness (QED) is 0.845. The molecule has 0 aromatic heterocycles. The fourth-order valence-corrected chi connectivity index (χ4v) is 3.52. The molecule has 1 aromatic rings. The molecule has 1 saturated carbocycles. The summed E-state index contributed by atoms with van der Waals surface area (Å²) in [7, 11) is 0. The van der Waals surface area contributed by atoms with Crippen molar-refractivity contribution in [1.82, 2.24) is 5.32 Å². The van der Waals surface area contributed by atoms with E-state index in [1.807, 2.05) is 30.3 Å². The molecule has 2 rings (SSSR count). The van der Waals surface area contributed by atoms with Gasteiger partial charge in [0.05, 0.1) is 11.5 Å². The lowest BCUT2D eigenvalue weighted by atomic mass is 9.75. The summed E-state index contributed by atoms with van der Waals surface area (Å²) < 4.78 is 0. The first-order chi connectivity index (χ1) is 10.1. The molecular formula is C18H27NO2. The summed E-state index contributed by atoms with van der Waals surface area (Å²) in [5.74, 6) is 0.314. The van der Waals surface area contributed by atoms with Gasteiger partial charge >= 0.3 is 0 Å². The van der Waals surface area contributed by atoms with Crippen LogP contribution in [0.4, 0.5) is 0 Å². The van der Waals surface area contributed by atoms with Crippen molar-refractivity contribution in [2.24, 2.45) is 5.92 Å². The van der Waals surface area contributed by atoms with E-state index in [2.05, 4.69) is 19.2 Å². The minimum Gasteiger partial charge on any atom is -0.393 e. The third kappa shape index (κ3) is 3.29. The van der Waals surface area contributed by atoms with Gasteiger partial charge in [0.15, 0.2) is 0 Å². The highest BCUT2D eigenvalue weighted by molar-refractivity contribution is 5.88. The van der Waals surface area contributed by atoms with Crippen LogP contribution in [0.25, 0.3) is 0 Å². The number of carbonyl (C=O) groups is 1. The first kappa shape index (κ1) is 16.0. The SMILES string of the molecule is CCC(CC)(C(=O)NCC1CCCC1O)c1ccccc1. The second-order valence-corrected chi connectivity index (χ2v) is 6.12. The Morgan fingerprint density at radius 2 is 1.90 bits per heavy atom. The lowest BCUT2D eigenvalue weighted by molar-refractivity contribution is -0.127. The Bertz CT molecular complexity index is 454. The van der Waals surface area contributed by atoms with E-state index in [9.17, 15) is 9.90 Å². The van der Waals surface area contributed by atoms with Crippen molar-refractivity contribution in [3.63, 3.8) is 0 Å². The maximum Gasteiger partial charge on any atom is 0.230 e. The molecule has 0 aliphatic heterocycles. The van der Waals surface area contributed by atoms with E-state index in [0.29, 0.717) is 6.54 Å². The molecule has 3 heteroatoms. The van der Waals surface area contributed by atoms with Gasteiger partial charge in [0.2, 0.25) is 5.91 Å². The number of hydrogen-bond donors (Lipinski definition) is 2. The van der Waals surface area contributed by atoms with Gasteiger partial charge in [0.1, 0.15) is 0 Å². The van der Waals surface area contributed by atoms with Crippen LogP contribution >= 0.6 is 0 Å². The Morgan fingerprint density at radius 3 is 2.43 bits per heavy atom. The minimum atomic E-state index is -0.454. The third-order valence-corrected chi connectivity index (χ3v) is 5.11. The lowest BCUT2D eigenvalue weighted by Crippen LogP contribution is -2.46. The number of carbonyl (C=O) groups excluding carboxylic acids is 1. The zero-order valence-corrected chi connectivity index (χ0v) is 13.1. The van der Waals surface area contributed by atoms with Crippen LogP contribution in [0, 0.1) is 5.92 Å². The fraction of sp³-hybridized carbons (Fsp3) is 0.611. The number of nitrogens with one attached hydrogen (secondary N) is 1. The van der Waals surface area contributed by atoms with Crippen molar-refractivity contribution in [2.75, 3.05) is 6.54 Å². The molecule has 2 unspecified atom stereocenters. The minimum absolute atomic E-state index is 0.0952. The zero-order valence-electron chi connectivity index (χ0n) is 13.1. The van der Waals surface area contributed by atoms with Gasteiger partial charge in [0, 0.05) is 12.5 Å².